The zero-order valence-electron chi connectivity index (χ0n) is 14.4. The highest BCUT2D eigenvalue weighted by atomic mass is 32.2. The van der Waals surface area contributed by atoms with Gasteiger partial charge in [0.1, 0.15) is 0 Å². The highest BCUT2D eigenvalue weighted by Gasteiger charge is 2.33. The van der Waals surface area contributed by atoms with Crippen molar-refractivity contribution in [2.75, 3.05) is 24.6 Å². The van der Waals surface area contributed by atoms with Gasteiger partial charge in [0.25, 0.3) is 0 Å². The monoisotopic (exact) mass is 366 g/mol. The second kappa shape index (κ2) is 7.43. The number of carbonyl (C=O) groups is 1. The van der Waals surface area contributed by atoms with E-state index in [1.807, 2.05) is 0 Å². The van der Waals surface area contributed by atoms with Crippen LogP contribution in [0.15, 0.2) is 29.2 Å². The van der Waals surface area contributed by atoms with Crippen LogP contribution >= 0.6 is 0 Å². The van der Waals surface area contributed by atoms with E-state index < -0.39 is 10.0 Å². The zero-order valence-corrected chi connectivity index (χ0v) is 15.2. The van der Waals surface area contributed by atoms with Gasteiger partial charge in [-0.2, -0.15) is 0 Å². The molecule has 0 atom stereocenters. The van der Waals surface area contributed by atoms with E-state index in [4.69, 9.17) is 0 Å². The van der Waals surface area contributed by atoms with Crippen molar-refractivity contribution in [3.63, 3.8) is 0 Å². The van der Waals surface area contributed by atoms with Crippen molar-refractivity contribution >= 4 is 21.6 Å². The fourth-order valence-corrected chi connectivity index (χ4v) is 4.91. The summed E-state index contributed by atoms with van der Waals surface area (Å²) < 4.78 is 27.8. The first-order valence-corrected chi connectivity index (χ1v) is 10.5. The number of hydrogen-bond donors (Lipinski definition) is 2. The molecule has 1 aliphatic carbocycles. The van der Waals surface area contributed by atoms with Crippen LogP contribution in [-0.4, -0.2) is 39.1 Å². The second-order valence-electron chi connectivity index (χ2n) is 7.19. The number of aliphatic hydroxyl groups is 1. The molecule has 1 aliphatic heterocycles. The molecular weight excluding hydrogens is 340 g/mol. The summed E-state index contributed by atoms with van der Waals surface area (Å²) in [5, 5.41) is 9.72. The lowest BCUT2D eigenvalue weighted by Crippen LogP contribution is -2.41. The van der Waals surface area contributed by atoms with E-state index in [1.165, 1.54) is 12.1 Å². The Morgan fingerprint density at radius 1 is 1.08 bits per heavy atom. The fourth-order valence-electron chi connectivity index (χ4n) is 3.75. The molecule has 138 valence electrons. The fraction of sp³-hybridized carbons (Fsp3) is 0.611. The molecule has 25 heavy (non-hydrogen) atoms. The molecule has 6 nitrogen and oxygen atoms in total. The van der Waals surface area contributed by atoms with Gasteiger partial charge in [-0.1, -0.05) is 19.3 Å². The Bertz CT molecular complexity index is 709. The maximum absolute atomic E-state index is 12.6. The molecule has 2 N–H and O–H groups in total. The predicted octanol–water partition coefficient (Wildman–Crippen LogP) is 2.03. The zero-order chi connectivity index (χ0) is 17.9. The lowest BCUT2D eigenvalue weighted by molar-refractivity contribution is -0.117. The average Bonchev–Trinajstić information content (AvgIpc) is 3.07. The molecule has 1 aromatic carbocycles. The van der Waals surface area contributed by atoms with Crippen molar-refractivity contribution in [3.05, 3.63) is 24.3 Å². The Labute approximate surface area is 149 Å². The highest BCUT2D eigenvalue weighted by Crippen LogP contribution is 2.35. The van der Waals surface area contributed by atoms with Crippen LogP contribution in [-0.2, 0) is 14.8 Å². The molecule has 7 heteroatoms. The number of anilines is 1. The maximum Gasteiger partial charge on any atom is 0.240 e. The number of rotatable bonds is 6. The van der Waals surface area contributed by atoms with Crippen molar-refractivity contribution < 1.29 is 18.3 Å². The summed E-state index contributed by atoms with van der Waals surface area (Å²) in [6.07, 6.45) is 6.28. The number of hydrogen-bond acceptors (Lipinski definition) is 4. The quantitative estimate of drug-likeness (QED) is 0.807. The van der Waals surface area contributed by atoms with Crippen molar-refractivity contribution in [1.82, 2.24) is 4.72 Å². The van der Waals surface area contributed by atoms with Crippen LogP contribution in [0.5, 0.6) is 0 Å². The van der Waals surface area contributed by atoms with Crippen LogP contribution in [0, 0.1) is 5.41 Å². The molecule has 1 saturated heterocycles. The van der Waals surface area contributed by atoms with Crippen LogP contribution < -0.4 is 9.62 Å². The van der Waals surface area contributed by atoms with Crippen molar-refractivity contribution in [2.24, 2.45) is 5.41 Å². The van der Waals surface area contributed by atoms with E-state index in [1.54, 1.807) is 17.0 Å². The Hall–Kier alpha value is -1.44. The predicted molar refractivity (Wildman–Crippen MR) is 95.8 cm³/mol. The molecule has 0 aromatic heterocycles. The molecule has 0 spiro atoms. The molecule has 2 aliphatic rings. The standard InChI is InChI=1S/C18H26N2O4S/c21-14-18(10-2-1-3-11-18)13-19-25(23,24)16-8-6-15(7-9-16)20-12-4-5-17(20)22/h6-9,19,21H,1-5,10-14H2. The summed E-state index contributed by atoms with van der Waals surface area (Å²) in [5.74, 6) is 0.0796. The minimum absolute atomic E-state index is 0.00549. The topological polar surface area (TPSA) is 86.7 Å². The molecule has 1 heterocycles. The first kappa shape index (κ1) is 18.4. The van der Waals surface area contributed by atoms with Gasteiger partial charge in [0.05, 0.1) is 4.90 Å². The van der Waals surface area contributed by atoms with Crippen molar-refractivity contribution in [1.29, 1.82) is 0 Å². The van der Waals surface area contributed by atoms with Gasteiger partial charge in [0.2, 0.25) is 15.9 Å². The van der Waals surface area contributed by atoms with Gasteiger partial charge in [0, 0.05) is 37.2 Å². The largest absolute Gasteiger partial charge is 0.396 e. The van der Waals surface area contributed by atoms with Gasteiger partial charge in [0.15, 0.2) is 0 Å². The summed E-state index contributed by atoms with van der Waals surface area (Å²) in [4.78, 5) is 13.6. The highest BCUT2D eigenvalue weighted by molar-refractivity contribution is 7.89. The number of nitrogens with one attached hydrogen (secondary N) is 1. The van der Waals surface area contributed by atoms with Gasteiger partial charge in [-0.25, -0.2) is 13.1 Å². The Morgan fingerprint density at radius 3 is 2.32 bits per heavy atom. The van der Waals surface area contributed by atoms with Gasteiger partial charge in [-0.05, 0) is 43.5 Å². The molecule has 0 bridgehead atoms. The summed E-state index contributed by atoms with van der Waals surface area (Å²) in [6, 6.07) is 6.44. The van der Waals surface area contributed by atoms with Crippen LogP contribution in [0.1, 0.15) is 44.9 Å². The molecule has 2 fully saturated rings. The van der Waals surface area contributed by atoms with E-state index in [2.05, 4.69) is 4.72 Å². The molecule has 1 amide bonds. The first-order valence-electron chi connectivity index (χ1n) is 8.97. The Morgan fingerprint density at radius 2 is 1.76 bits per heavy atom. The van der Waals surface area contributed by atoms with E-state index >= 15 is 0 Å². The normalized spacial score (nSPS) is 20.8. The summed E-state index contributed by atoms with van der Waals surface area (Å²) >= 11 is 0. The third-order valence-electron chi connectivity index (χ3n) is 5.42. The van der Waals surface area contributed by atoms with Gasteiger partial charge in [-0.3, -0.25) is 4.79 Å². The third kappa shape index (κ3) is 4.04. The van der Waals surface area contributed by atoms with Crippen LogP contribution in [0.3, 0.4) is 0 Å². The van der Waals surface area contributed by atoms with Crippen LogP contribution in [0.2, 0.25) is 0 Å². The van der Waals surface area contributed by atoms with E-state index in [9.17, 15) is 18.3 Å². The second-order valence-corrected chi connectivity index (χ2v) is 8.95. The number of amides is 1. The molecular formula is C18H26N2O4S. The van der Waals surface area contributed by atoms with Gasteiger partial charge in [-0.15, -0.1) is 0 Å². The SMILES string of the molecule is O=C1CCCN1c1ccc(S(=O)(=O)NCC2(CO)CCCCC2)cc1. The molecule has 1 saturated carbocycles. The maximum atomic E-state index is 12.6. The minimum atomic E-state index is -3.63. The third-order valence-corrected chi connectivity index (χ3v) is 6.84. The Kier molecular flexibility index (Phi) is 5.46. The number of sulfonamides is 1. The first-order chi connectivity index (χ1) is 12.0. The van der Waals surface area contributed by atoms with Crippen molar-refractivity contribution in [3.8, 4) is 0 Å². The molecule has 0 radical (unpaired) electrons. The smallest absolute Gasteiger partial charge is 0.240 e. The average molecular weight is 366 g/mol. The number of carbonyl (C=O) groups excluding carboxylic acids is 1. The molecule has 0 unspecified atom stereocenters. The summed E-state index contributed by atoms with van der Waals surface area (Å²) in [6.45, 7) is 0.950. The van der Waals surface area contributed by atoms with Crippen molar-refractivity contribution in [2.45, 2.75) is 49.8 Å². The van der Waals surface area contributed by atoms with Gasteiger partial charge < -0.3 is 10.0 Å². The Balaban J connectivity index is 1.68. The van der Waals surface area contributed by atoms with Crippen LogP contribution in [0.4, 0.5) is 5.69 Å². The van der Waals surface area contributed by atoms with E-state index in [0.29, 0.717) is 13.0 Å². The summed E-state index contributed by atoms with van der Waals surface area (Å²) in [5.41, 5.74) is 0.397. The minimum Gasteiger partial charge on any atom is -0.396 e. The van der Waals surface area contributed by atoms with Crippen LogP contribution in [0.25, 0.3) is 0 Å². The number of nitrogens with zero attached hydrogens (tertiary/aromatic N) is 1. The molecule has 1 aromatic rings. The lowest BCUT2D eigenvalue weighted by atomic mass is 9.75. The lowest BCUT2D eigenvalue weighted by Gasteiger charge is -2.35. The van der Waals surface area contributed by atoms with E-state index in [0.717, 1.165) is 44.2 Å². The van der Waals surface area contributed by atoms with E-state index in [-0.39, 0.29) is 29.4 Å². The molecule has 3 rings (SSSR count). The number of aliphatic hydroxyl groups excluding tert-OH is 1. The number of benzene rings is 1. The summed E-state index contributed by atoms with van der Waals surface area (Å²) in [7, 11) is -3.63. The van der Waals surface area contributed by atoms with Gasteiger partial charge >= 0.3 is 0 Å².